The smallest absolute Gasteiger partial charge is 0.344 e. The number of amides is 1. The number of ether oxygens (including phenoxy) is 2. The van der Waals surface area contributed by atoms with Crippen LogP contribution in [0.4, 0.5) is 0 Å². The van der Waals surface area contributed by atoms with E-state index in [0.717, 1.165) is 0 Å². The van der Waals surface area contributed by atoms with Gasteiger partial charge in [-0.25, -0.2) is 9.78 Å². The molecule has 0 bridgehead atoms. The zero-order valence-corrected chi connectivity index (χ0v) is 13.1. The molecule has 0 aromatic carbocycles. The third-order valence-electron chi connectivity index (χ3n) is 2.42. The molecule has 1 amide bonds. The zero-order chi connectivity index (χ0) is 16.0. The summed E-state index contributed by atoms with van der Waals surface area (Å²) in [4.78, 5) is 28.0. The molecule has 1 heterocycles. The molecule has 0 radical (unpaired) electrons. The number of carbonyl (C=O) groups is 2. The van der Waals surface area contributed by atoms with Gasteiger partial charge in [0.15, 0.2) is 6.10 Å². The van der Waals surface area contributed by atoms with Crippen LogP contribution >= 0.6 is 0 Å². The Kier molecular flexibility index (Phi) is 5.69. The molecule has 6 heteroatoms. The van der Waals surface area contributed by atoms with Gasteiger partial charge in [0.1, 0.15) is 5.56 Å². The Morgan fingerprint density at radius 1 is 1.38 bits per heavy atom. The van der Waals surface area contributed by atoms with E-state index in [1.165, 1.54) is 13.1 Å². The molecule has 1 N–H and O–H groups in total. The van der Waals surface area contributed by atoms with Gasteiger partial charge < -0.3 is 14.8 Å². The summed E-state index contributed by atoms with van der Waals surface area (Å²) in [5.74, 6) is -0.783. The molecule has 1 unspecified atom stereocenters. The van der Waals surface area contributed by atoms with Crippen LogP contribution in [0.1, 0.15) is 45.0 Å². The Labute approximate surface area is 124 Å². The summed E-state index contributed by atoms with van der Waals surface area (Å²) >= 11 is 0. The van der Waals surface area contributed by atoms with E-state index in [0.29, 0.717) is 6.61 Å². The molecule has 6 nitrogen and oxygen atoms in total. The van der Waals surface area contributed by atoms with E-state index >= 15 is 0 Å². The van der Waals surface area contributed by atoms with Crippen molar-refractivity contribution in [2.75, 3.05) is 6.61 Å². The molecule has 0 aliphatic heterocycles. The second kappa shape index (κ2) is 7.06. The Morgan fingerprint density at radius 3 is 2.62 bits per heavy atom. The van der Waals surface area contributed by atoms with E-state index in [-0.39, 0.29) is 22.9 Å². The van der Waals surface area contributed by atoms with Crippen molar-refractivity contribution in [3.63, 3.8) is 0 Å². The van der Waals surface area contributed by atoms with Crippen molar-refractivity contribution in [1.29, 1.82) is 0 Å². The third-order valence-corrected chi connectivity index (χ3v) is 2.42. The number of rotatable bonds is 5. The first-order valence-corrected chi connectivity index (χ1v) is 6.85. The van der Waals surface area contributed by atoms with Gasteiger partial charge in [-0.2, -0.15) is 0 Å². The van der Waals surface area contributed by atoms with Gasteiger partial charge in [-0.05, 0) is 46.8 Å². The van der Waals surface area contributed by atoms with E-state index < -0.39 is 12.1 Å². The van der Waals surface area contributed by atoms with Crippen molar-refractivity contribution in [2.45, 2.75) is 46.3 Å². The highest BCUT2D eigenvalue weighted by atomic mass is 16.5. The minimum atomic E-state index is -0.897. The molecule has 0 saturated carbocycles. The van der Waals surface area contributed by atoms with Crippen LogP contribution in [0.2, 0.25) is 0 Å². The number of pyridine rings is 1. The maximum atomic E-state index is 12.1. The molecule has 0 aliphatic rings. The Bertz CT molecular complexity index is 509. The molecule has 1 aromatic rings. The molecular formula is C15H22N2O4. The van der Waals surface area contributed by atoms with E-state index in [1.807, 2.05) is 20.8 Å². The van der Waals surface area contributed by atoms with Gasteiger partial charge in [0.2, 0.25) is 5.88 Å². The Morgan fingerprint density at radius 2 is 2.05 bits per heavy atom. The summed E-state index contributed by atoms with van der Waals surface area (Å²) in [7, 11) is 0. The maximum Gasteiger partial charge on any atom is 0.344 e. The fourth-order valence-corrected chi connectivity index (χ4v) is 1.55. The molecule has 21 heavy (non-hydrogen) atoms. The molecule has 0 fully saturated rings. The predicted molar refractivity (Wildman–Crippen MR) is 78.2 cm³/mol. The summed E-state index contributed by atoms with van der Waals surface area (Å²) in [5.41, 5.74) is -0.183. The summed E-state index contributed by atoms with van der Waals surface area (Å²) in [6, 6.07) is 3.16. The first-order valence-electron chi connectivity index (χ1n) is 6.85. The lowest BCUT2D eigenvalue weighted by Gasteiger charge is -2.23. The fraction of sp³-hybridized carbons (Fsp3) is 0.533. The summed E-state index contributed by atoms with van der Waals surface area (Å²) < 4.78 is 10.4. The number of aromatic nitrogens is 1. The SMILES string of the molecule is CCOc1ncccc1C(=O)OC(C)C(=O)NC(C)(C)C. The fourth-order valence-electron chi connectivity index (χ4n) is 1.55. The minimum absolute atomic E-state index is 0.202. The topological polar surface area (TPSA) is 77.5 Å². The van der Waals surface area contributed by atoms with Crippen LogP contribution in [0.3, 0.4) is 0 Å². The normalized spacial score (nSPS) is 12.4. The van der Waals surface area contributed by atoms with Gasteiger partial charge in [0, 0.05) is 11.7 Å². The molecule has 1 aromatic heterocycles. The first-order chi connectivity index (χ1) is 9.74. The summed E-state index contributed by atoms with van der Waals surface area (Å²) in [6.07, 6.45) is 0.628. The standard InChI is InChI=1S/C15H22N2O4/c1-6-20-13-11(8-7-9-16-13)14(19)21-10(2)12(18)17-15(3,4)5/h7-10H,6H2,1-5H3,(H,17,18). The molecule has 1 atom stereocenters. The van der Waals surface area contributed by atoms with Crippen molar-refractivity contribution in [2.24, 2.45) is 0 Å². The molecule has 1 rings (SSSR count). The first kappa shape index (κ1) is 16.9. The average Bonchev–Trinajstić information content (AvgIpc) is 2.37. The largest absolute Gasteiger partial charge is 0.477 e. The van der Waals surface area contributed by atoms with E-state index in [1.54, 1.807) is 19.1 Å². The number of hydrogen-bond acceptors (Lipinski definition) is 5. The van der Waals surface area contributed by atoms with Crippen molar-refractivity contribution < 1.29 is 19.1 Å². The number of nitrogens with one attached hydrogen (secondary N) is 1. The van der Waals surface area contributed by atoms with Crippen LogP contribution in [-0.4, -0.2) is 35.1 Å². The number of nitrogens with zero attached hydrogens (tertiary/aromatic N) is 1. The van der Waals surface area contributed by atoms with Crippen LogP contribution in [0.5, 0.6) is 5.88 Å². The van der Waals surface area contributed by atoms with Gasteiger partial charge in [-0.15, -0.1) is 0 Å². The molecule has 0 aliphatic carbocycles. The van der Waals surface area contributed by atoms with E-state index in [9.17, 15) is 9.59 Å². The van der Waals surface area contributed by atoms with Gasteiger partial charge >= 0.3 is 5.97 Å². The number of esters is 1. The summed E-state index contributed by atoms with van der Waals surface area (Å²) in [5, 5.41) is 2.75. The minimum Gasteiger partial charge on any atom is -0.477 e. The summed E-state index contributed by atoms with van der Waals surface area (Å²) in [6.45, 7) is 9.27. The highest BCUT2D eigenvalue weighted by Gasteiger charge is 2.24. The highest BCUT2D eigenvalue weighted by Crippen LogP contribution is 2.16. The monoisotopic (exact) mass is 294 g/mol. The molecule has 0 spiro atoms. The lowest BCUT2D eigenvalue weighted by molar-refractivity contribution is -0.130. The van der Waals surface area contributed by atoms with Gasteiger partial charge in [-0.1, -0.05) is 0 Å². The number of hydrogen-bond donors (Lipinski definition) is 1. The maximum absolute atomic E-state index is 12.1. The van der Waals surface area contributed by atoms with E-state index in [2.05, 4.69) is 10.3 Å². The van der Waals surface area contributed by atoms with Crippen LogP contribution in [0.25, 0.3) is 0 Å². The van der Waals surface area contributed by atoms with Crippen molar-refractivity contribution in [3.05, 3.63) is 23.9 Å². The second-order valence-corrected chi connectivity index (χ2v) is 5.58. The molecule has 0 saturated heterocycles. The number of carbonyl (C=O) groups excluding carboxylic acids is 2. The predicted octanol–water partition coefficient (Wildman–Crippen LogP) is 1.94. The van der Waals surface area contributed by atoms with Gasteiger partial charge in [0.05, 0.1) is 6.61 Å². The van der Waals surface area contributed by atoms with Gasteiger partial charge in [0.25, 0.3) is 5.91 Å². The Hall–Kier alpha value is -2.11. The second-order valence-electron chi connectivity index (χ2n) is 5.58. The lowest BCUT2D eigenvalue weighted by atomic mass is 10.1. The van der Waals surface area contributed by atoms with Crippen LogP contribution in [0.15, 0.2) is 18.3 Å². The highest BCUT2D eigenvalue weighted by molar-refractivity contribution is 5.94. The van der Waals surface area contributed by atoms with Crippen LogP contribution in [0, 0.1) is 0 Å². The van der Waals surface area contributed by atoms with E-state index in [4.69, 9.17) is 9.47 Å². The zero-order valence-electron chi connectivity index (χ0n) is 13.1. The quantitative estimate of drug-likeness (QED) is 0.840. The van der Waals surface area contributed by atoms with Crippen molar-refractivity contribution in [1.82, 2.24) is 10.3 Å². The molecular weight excluding hydrogens is 272 g/mol. The lowest BCUT2D eigenvalue weighted by Crippen LogP contribution is -2.46. The van der Waals surface area contributed by atoms with Crippen LogP contribution < -0.4 is 10.1 Å². The molecule has 116 valence electrons. The Balaban J connectivity index is 2.75. The third kappa shape index (κ3) is 5.41. The average molecular weight is 294 g/mol. The van der Waals surface area contributed by atoms with Crippen LogP contribution in [-0.2, 0) is 9.53 Å². The van der Waals surface area contributed by atoms with Crippen molar-refractivity contribution in [3.8, 4) is 5.88 Å². The van der Waals surface area contributed by atoms with Crippen molar-refractivity contribution >= 4 is 11.9 Å². The van der Waals surface area contributed by atoms with Gasteiger partial charge in [-0.3, -0.25) is 4.79 Å².